The van der Waals surface area contributed by atoms with E-state index in [4.69, 9.17) is 0 Å². The number of hydrogen-bond acceptors (Lipinski definition) is 5. The average molecular weight is 297 g/mol. The largest absolute Gasteiger partial charge is 0.481 e. The quantitative estimate of drug-likeness (QED) is 0.929. The predicted molar refractivity (Wildman–Crippen MR) is 80.4 cm³/mol. The summed E-state index contributed by atoms with van der Waals surface area (Å²) in [6, 6.07) is 0. The van der Waals surface area contributed by atoms with Crippen molar-refractivity contribution in [1.29, 1.82) is 0 Å². The Balaban J connectivity index is 2.08. The molecule has 1 aliphatic heterocycles. The van der Waals surface area contributed by atoms with Crippen molar-refractivity contribution in [3.8, 4) is 0 Å². The number of carbonyl (C=O) groups is 1. The lowest BCUT2D eigenvalue weighted by Gasteiger charge is -2.38. The van der Waals surface area contributed by atoms with Gasteiger partial charge < -0.3 is 10.0 Å². The van der Waals surface area contributed by atoms with Gasteiger partial charge in [0, 0.05) is 30.0 Å². The molecule has 1 saturated heterocycles. The van der Waals surface area contributed by atoms with E-state index in [1.165, 1.54) is 11.5 Å². The maximum absolute atomic E-state index is 11.4. The van der Waals surface area contributed by atoms with E-state index in [1.54, 1.807) is 0 Å². The highest BCUT2D eigenvalue weighted by atomic mass is 32.1. The molecule has 0 bridgehead atoms. The fourth-order valence-corrected chi connectivity index (χ4v) is 3.40. The van der Waals surface area contributed by atoms with Gasteiger partial charge in [0.05, 0.1) is 5.41 Å². The first-order chi connectivity index (χ1) is 9.28. The zero-order valence-corrected chi connectivity index (χ0v) is 13.5. The van der Waals surface area contributed by atoms with Crippen molar-refractivity contribution in [2.24, 2.45) is 5.41 Å². The van der Waals surface area contributed by atoms with Gasteiger partial charge in [0.25, 0.3) is 0 Å². The molecule has 0 atom stereocenters. The number of aromatic nitrogens is 2. The smallest absolute Gasteiger partial charge is 0.309 e. The van der Waals surface area contributed by atoms with Crippen LogP contribution in [0.1, 0.15) is 52.8 Å². The third-order valence-corrected chi connectivity index (χ3v) is 4.98. The summed E-state index contributed by atoms with van der Waals surface area (Å²) in [7, 11) is 0. The second-order valence-corrected chi connectivity index (χ2v) is 7.31. The Morgan fingerprint density at radius 3 is 2.40 bits per heavy atom. The Morgan fingerprint density at radius 2 is 2.00 bits per heavy atom. The van der Waals surface area contributed by atoms with Crippen LogP contribution in [0.4, 0.5) is 5.13 Å². The topological polar surface area (TPSA) is 66.3 Å². The molecular weight excluding hydrogens is 274 g/mol. The van der Waals surface area contributed by atoms with E-state index in [9.17, 15) is 9.90 Å². The lowest BCUT2D eigenvalue weighted by atomic mass is 9.76. The summed E-state index contributed by atoms with van der Waals surface area (Å²) in [6.07, 6.45) is 2.06. The molecule has 6 heteroatoms. The number of anilines is 1. The van der Waals surface area contributed by atoms with E-state index in [-0.39, 0.29) is 5.41 Å². The number of hydrogen-bond donors (Lipinski definition) is 1. The molecule has 112 valence electrons. The SMILES string of the molecule is CCC1(C(=O)O)CCN(c2nc(C(C)(C)C)ns2)CC1. The van der Waals surface area contributed by atoms with Gasteiger partial charge in [0.15, 0.2) is 0 Å². The highest BCUT2D eigenvalue weighted by Gasteiger charge is 2.40. The lowest BCUT2D eigenvalue weighted by Crippen LogP contribution is -2.44. The summed E-state index contributed by atoms with van der Waals surface area (Å²) in [5.74, 6) is 0.204. The second-order valence-electron chi connectivity index (χ2n) is 6.58. The van der Waals surface area contributed by atoms with E-state index in [1.807, 2.05) is 6.92 Å². The fourth-order valence-electron chi connectivity index (χ4n) is 2.49. The molecule has 2 rings (SSSR count). The van der Waals surface area contributed by atoms with Crippen LogP contribution in [0.2, 0.25) is 0 Å². The van der Waals surface area contributed by atoms with Gasteiger partial charge in [0.1, 0.15) is 5.82 Å². The Bertz CT molecular complexity index is 485. The first-order valence-electron chi connectivity index (χ1n) is 7.11. The number of aliphatic carboxylic acids is 1. The van der Waals surface area contributed by atoms with Crippen LogP contribution in [0.25, 0.3) is 0 Å². The molecule has 1 fully saturated rings. The second kappa shape index (κ2) is 5.31. The number of piperidine rings is 1. The first kappa shape index (κ1) is 15.2. The number of carboxylic acids is 1. The molecule has 1 N–H and O–H groups in total. The monoisotopic (exact) mass is 297 g/mol. The normalized spacial score (nSPS) is 19.1. The third-order valence-electron chi connectivity index (χ3n) is 4.21. The third kappa shape index (κ3) is 2.80. The summed E-state index contributed by atoms with van der Waals surface area (Å²) >= 11 is 1.42. The fraction of sp³-hybridized carbons (Fsp3) is 0.786. The lowest BCUT2D eigenvalue weighted by molar-refractivity contribution is -0.150. The molecule has 5 nitrogen and oxygen atoms in total. The van der Waals surface area contributed by atoms with Crippen LogP contribution in [0.3, 0.4) is 0 Å². The van der Waals surface area contributed by atoms with Crippen molar-refractivity contribution in [2.45, 2.75) is 52.4 Å². The molecule has 0 amide bonds. The van der Waals surface area contributed by atoms with Gasteiger partial charge in [-0.05, 0) is 19.3 Å². The maximum atomic E-state index is 11.4. The summed E-state index contributed by atoms with van der Waals surface area (Å²) < 4.78 is 4.43. The van der Waals surface area contributed by atoms with Gasteiger partial charge in [-0.3, -0.25) is 4.79 Å². The summed E-state index contributed by atoms with van der Waals surface area (Å²) in [5, 5.41) is 10.3. The molecular formula is C14H23N3O2S. The van der Waals surface area contributed by atoms with Crippen LogP contribution in [0.15, 0.2) is 0 Å². The molecule has 1 aromatic heterocycles. The zero-order valence-electron chi connectivity index (χ0n) is 12.6. The molecule has 0 aromatic carbocycles. The number of carboxylic acid groups (broad SMARTS) is 1. The standard InChI is InChI=1S/C14H23N3O2S/c1-5-14(11(18)19)6-8-17(9-7-14)12-15-10(16-20-12)13(2,3)4/h5-9H2,1-4H3,(H,18,19). The van der Waals surface area contributed by atoms with Crippen molar-refractivity contribution >= 4 is 22.6 Å². The van der Waals surface area contributed by atoms with Gasteiger partial charge in [0.2, 0.25) is 5.13 Å². The van der Waals surface area contributed by atoms with Crippen LogP contribution in [-0.4, -0.2) is 33.5 Å². The van der Waals surface area contributed by atoms with Gasteiger partial charge in [-0.25, -0.2) is 4.98 Å². The molecule has 0 radical (unpaired) electrons. The average Bonchev–Trinajstić information content (AvgIpc) is 2.88. The number of nitrogens with zero attached hydrogens (tertiary/aromatic N) is 3. The van der Waals surface area contributed by atoms with Crippen LogP contribution in [0.5, 0.6) is 0 Å². The molecule has 0 aliphatic carbocycles. The minimum Gasteiger partial charge on any atom is -0.481 e. The molecule has 0 spiro atoms. The molecule has 1 aliphatic rings. The van der Waals surface area contributed by atoms with Gasteiger partial charge in [-0.2, -0.15) is 4.37 Å². The van der Waals surface area contributed by atoms with Crippen molar-refractivity contribution in [1.82, 2.24) is 9.36 Å². The molecule has 0 saturated carbocycles. The minimum atomic E-state index is -0.660. The van der Waals surface area contributed by atoms with Gasteiger partial charge in [-0.1, -0.05) is 27.7 Å². The van der Waals surface area contributed by atoms with E-state index in [0.29, 0.717) is 19.3 Å². The van der Waals surface area contributed by atoms with E-state index < -0.39 is 11.4 Å². The molecule has 0 unspecified atom stereocenters. The minimum absolute atomic E-state index is 0.0429. The highest BCUT2D eigenvalue weighted by Crippen LogP contribution is 2.37. The van der Waals surface area contributed by atoms with Crippen molar-refractivity contribution < 1.29 is 9.90 Å². The Morgan fingerprint density at radius 1 is 1.40 bits per heavy atom. The molecule has 20 heavy (non-hydrogen) atoms. The number of rotatable bonds is 3. The van der Waals surface area contributed by atoms with Crippen molar-refractivity contribution in [2.75, 3.05) is 18.0 Å². The maximum Gasteiger partial charge on any atom is 0.309 e. The summed E-state index contributed by atoms with van der Waals surface area (Å²) in [5.41, 5.74) is -0.590. The van der Waals surface area contributed by atoms with Crippen LogP contribution >= 0.6 is 11.5 Å². The summed E-state index contributed by atoms with van der Waals surface area (Å²) in [4.78, 5) is 18.2. The first-order valence-corrected chi connectivity index (χ1v) is 7.88. The van der Waals surface area contributed by atoms with Crippen molar-refractivity contribution in [3.63, 3.8) is 0 Å². The van der Waals surface area contributed by atoms with Crippen LogP contribution < -0.4 is 4.90 Å². The van der Waals surface area contributed by atoms with E-state index in [2.05, 4.69) is 35.0 Å². The molecule has 1 aromatic rings. The van der Waals surface area contributed by atoms with Crippen LogP contribution in [-0.2, 0) is 10.2 Å². The van der Waals surface area contributed by atoms with Crippen molar-refractivity contribution in [3.05, 3.63) is 5.82 Å². The Kier molecular flexibility index (Phi) is 4.04. The summed E-state index contributed by atoms with van der Waals surface area (Å²) in [6.45, 7) is 9.76. The van der Waals surface area contributed by atoms with Gasteiger partial charge in [-0.15, -0.1) is 0 Å². The van der Waals surface area contributed by atoms with Gasteiger partial charge >= 0.3 is 5.97 Å². The van der Waals surface area contributed by atoms with Crippen LogP contribution in [0, 0.1) is 5.41 Å². The Hall–Kier alpha value is -1.17. The Labute approximate surface area is 124 Å². The highest BCUT2D eigenvalue weighted by molar-refractivity contribution is 7.09. The predicted octanol–water partition coefficient (Wildman–Crippen LogP) is 2.92. The zero-order chi connectivity index (χ0) is 15.0. The van der Waals surface area contributed by atoms with E-state index >= 15 is 0 Å². The molecule has 2 heterocycles. The van der Waals surface area contributed by atoms with E-state index in [0.717, 1.165) is 24.0 Å².